The first-order chi connectivity index (χ1) is 11.9. The fourth-order valence-corrected chi connectivity index (χ4v) is 2.95. The number of benzene rings is 1. The van der Waals surface area contributed by atoms with Gasteiger partial charge in [0.15, 0.2) is 11.5 Å². The predicted octanol–water partition coefficient (Wildman–Crippen LogP) is 4.63. The molecule has 0 spiro atoms. The standard InChI is InChI=1S/C20H19NO4/c1-20(2)9-8-15-18(25-20)17(19(22)23)16(11-21-15)24-14-5-3-4-13(10-14)12-6-7-12/h3-5,8-12H,6-7H2,1-2H3,(H,22,23). The second kappa shape index (κ2) is 5.62. The number of hydrogen-bond acceptors (Lipinski definition) is 4. The zero-order valence-corrected chi connectivity index (χ0v) is 14.2. The minimum absolute atomic E-state index is 0.000694. The van der Waals surface area contributed by atoms with Gasteiger partial charge in [0.05, 0.1) is 6.20 Å². The third kappa shape index (κ3) is 3.09. The van der Waals surface area contributed by atoms with E-state index in [1.807, 2.05) is 38.1 Å². The Balaban J connectivity index is 1.74. The topological polar surface area (TPSA) is 68.7 Å². The molecule has 128 valence electrons. The molecule has 2 aliphatic rings. The first kappa shape index (κ1) is 15.7. The molecule has 0 radical (unpaired) electrons. The zero-order chi connectivity index (χ0) is 17.6. The fourth-order valence-electron chi connectivity index (χ4n) is 2.95. The normalized spacial score (nSPS) is 17.5. The number of aromatic carboxylic acids is 1. The molecule has 1 aliphatic carbocycles. The van der Waals surface area contributed by atoms with E-state index in [9.17, 15) is 9.90 Å². The van der Waals surface area contributed by atoms with Crippen molar-refractivity contribution in [3.63, 3.8) is 0 Å². The van der Waals surface area contributed by atoms with Crippen molar-refractivity contribution in [3.8, 4) is 17.2 Å². The van der Waals surface area contributed by atoms with Crippen molar-refractivity contribution in [1.29, 1.82) is 0 Å². The molecule has 1 saturated carbocycles. The Labute approximate surface area is 145 Å². The summed E-state index contributed by atoms with van der Waals surface area (Å²) in [6, 6.07) is 7.79. The SMILES string of the molecule is CC1(C)C=Cc2ncc(Oc3cccc(C4CC4)c3)c(C(=O)O)c2O1. The monoisotopic (exact) mass is 337 g/mol. The molecule has 0 amide bonds. The van der Waals surface area contributed by atoms with Gasteiger partial charge in [-0.25, -0.2) is 9.78 Å². The number of fused-ring (bicyclic) bond motifs is 1. The van der Waals surface area contributed by atoms with Crippen LogP contribution in [0.2, 0.25) is 0 Å². The van der Waals surface area contributed by atoms with E-state index in [4.69, 9.17) is 9.47 Å². The summed E-state index contributed by atoms with van der Waals surface area (Å²) in [5, 5.41) is 9.71. The number of nitrogens with zero attached hydrogens (tertiary/aromatic N) is 1. The summed E-state index contributed by atoms with van der Waals surface area (Å²) < 4.78 is 11.7. The average molecular weight is 337 g/mol. The molecule has 1 N–H and O–H groups in total. The predicted molar refractivity (Wildman–Crippen MR) is 93.4 cm³/mol. The smallest absolute Gasteiger partial charge is 0.343 e. The van der Waals surface area contributed by atoms with Gasteiger partial charge in [-0.2, -0.15) is 0 Å². The molecule has 2 heterocycles. The molecular weight excluding hydrogens is 318 g/mol. The lowest BCUT2D eigenvalue weighted by Crippen LogP contribution is -2.29. The number of carboxylic acids is 1. The molecule has 5 heteroatoms. The Morgan fingerprint density at radius 1 is 1.36 bits per heavy atom. The average Bonchev–Trinajstić information content (AvgIpc) is 3.38. The maximum absolute atomic E-state index is 11.9. The van der Waals surface area contributed by atoms with Gasteiger partial charge >= 0.3 is 5.97 Å². The van der Waals surface area contributed by atoms with Crippen molar-refractivity contribution in [2.45, 2.75) is 38.2 Å². The molecule has 0 atom stereocenters. The van der Waals surface area contributed by atoms with E-state index in [1.54, 1.807) is 6.08 Å². The van der Waals surface area contributed by atoms with Crippen LogP contribution >= 0.6 is 0 Å². The highest BCUT2D eigenvalue weighted by Crippen LogP contribution is 2.42. The number of carbonyl (C=O) groups is 1. The van der Waals surface area contributed by atoms with E-state index in [0.717, 1.165) is 0 Å². The lowest BCUT2D eigenvalue weighted by Gasteiger charge is -2.28. The van der Waals surface area contributed by atoms with Crippen molar-refractivity contribution < 1.29 is 19.4 Å². The second-order valence-corrected chi connectivity index (χ2v) is 7.00. The summed E-state index contributed by atoms with van der Waals surface area (Å²) in [6.07, 6.45) is 7.47. The first-order valence-corrected chi connectivity index (χ1v) is 8.35. The molecule has 25 heavy (non-hydrogen) atoms. The number of hydrogen-bond donors (Lipinski definition) is 1. The maximum atomic E-state index is 11.9. The van der Waals surface area contributed by atoms with Crippen molar-refractivity contribution in [2.24, 2.45) is 0 Å². The van der Waals surface area contributed by atoms with Gasteiger partial charge in [-0.05, 0) is 62.5 Å². The van der Waals surface area contributed by atoms with Crippen LogP contribution in [0.15, 0.2) is 36.5 Å². The summed E-state index contributed by atoms with van der Waals surface area (Å²) >= 11 is 0. The molecule has 0 saturated heterocycles. The van der Waals surface area contributed by atoms with Gasteiger partial charge in [0, 0.05) is 0 Å². The van der Waals surface area contributed by atoms with E-state index < -0.39 is 11.6 Å². The van der Waals surface area contributed by atoms with Crippen LogP contribution in [-0.4, -0.2) is 21.7 Å². The highest BCUT2D eigenvalue weighted by molar-refractivity contribution is 5.95. The Morgan fingerprint density at radius 3 is 2.88 bits per heavy atom. The van der Waals surface area contributed by atoms with E-state index in [1.165, 1.54) is 24.6 Å². The van der Waals surface area contributed by atoms with Crippen LogP contribution in [0.4, 0.5) is 0 Å². The molecular formula is C20H19NO4. The number of ether oxygens (including phenoxy) is 2. The molecule has 0 unspecified atom stereocenters. The summed E-state index contributed by atoms with van der Waals surface area (Å²) in [4.78, 5) is 16.2. The fraction of sp³-hybridized carbons (Fsp3) is 0.300. The Kier molecular flexibility index (Phi) is 3.53. The van der Waals surface area contributed by atoms with Gasteiger partial charge in [-0.15, -0.1) is 0 Å². The van der Waals surface area contributed by atoms with Crippen LogP contribution < -0.4 is 9.47 Å². The Morgan fingerprint density at radius 2 is 2.16 bits per heavy atom. The van der Waals surface area contributed by atoms with Crippen molar-refractivity contribution in [3.05, 3.63) is 53.4 Å². The maximum Gasteiger partial charge on any atom is 0.343 e. The van der Waals surface area contributed by atoms with E-state index in [0.29, 0.717) is 17.4 Å². The van der Waals surface area contributed by atoms with Crippen LogP contribution in [0.5, 0.6) is 17.2 Å². The van der Waals surface area contributed by atoms with Crippen LogP contribution in [0, 0.1) is 0 Å². The summed E-state index contributed by atoms with van der Waals surface area (Å²) in [7, 11) is 0. The Hall–Kier alpha value is -2.82. The van der Waals surface area contributed by atoms with E-state index in [2.05, 4.69) is 11.1 Å². The lowest BCUT2D eigenvalue weighted by atomic mass is 10.0. The summed E-state index contributed by atoms with van der Waals surface area (Å²) in [5.41, 5.74) is 1.12. The minimum Gasteiger partial charge on any atom is -0.480 e. The van der Waals surface area contributed by atoms with Gasteiger partial charge in [0.25, 0.3) is 0 Å². The van der Waals surface area contributed by atoms with Gasteiger partial charge in [0.1, 0.15) is 22.6 Å². The van der Waals surface area contributed by atoms with Gasteiger partial charge < -0.3 is 14.6 Å². The van der Waals surface area contributed by atoms with E-state index in [-0.39, 0.29) is 17.1 Å². The molecule has 1 aliphatic heterocycles. The largest absolute Gasteiger partial charge is 0.480 e. The third-order valence-electron chi connectivity index (χ3n) is 4.38. The quantitative estimate of drug-likeness (QED) is 0.880. The zero-order valence-electron chi connectivity index (χ0n) is 14.2. The molecule has 4 rings (SSSR count). The number of pyridine rings is 1. The van der Waals surface area contributed by atoms with Gasteiger partial charge in [0.2, 0.25) is 0 Å². The minimum atomic E-state index is -1.10. The van der Waals surface area contributed by atoms with Crippen molar-refractivity contribution >= 4 is 12.0 Å². The van der Waals surface area contributed by atoms with E-state index >= 15 is 0 Å². The molecule has 5 nitrogen and oxygen atoms in total. The summed E-state index contributed by atoms with van der Waals surface area (Å²) in [5.74, 6) is 0.539. The number of aromatic nitrogens is 1. The molecule has 1 fully saturated rings. The van der Waals surface area contributed by atoms with Crippen molar-refractivity contribution in [1.82, 2.24) is 4.98 Å². The highest BCUT2D eigenvalue weighted by Gasteiger charge is 2.30. The Bertz CT molecular complexity index is 881. The van der Waals surface area contributed by atoms with Crippen molar-refractivity contribution in [2.75, 3.05) is 0 Å². The number of rotatable bonds is 4. The van der Waals surface area contributed by atoms with Crippen LogP contribution in [0.25, 0.3) is 6.08 Å². The second-order valence-electron chi connectivity index (χ2n) is 7.00. The van der Waals surface area contributed by atoms with Crippen LogP contribution in [-0.2, 0) is 0 Å². The van der Waals surface area contributed by atoms with Crippen LogP contribution in [0.1, 0.15) is 54.2 Å². The van der Waals surface area contributed by atoms with Crippen LogP contribution in [0.3, 0.4) is 0 Å². The molecule has 2 aromatic rings. The highest BCUT2D eigenvalue weighted by atomic mass is 16.5. The van der Waals surface area contributed by atoms with Gasteiger partial charge in [-0.1, -0.05) is 12.1 Å². The molecule has 1 aromatic heterocycles. The number of carboxylic acid groups (broad SMARTS) is 1. The molecule has 1 aromatic carbocycles. The lowest BCUT2D eigenvalue weighted by molar-refractivity contribution is 0.0681. The molecule has 0 bridgehead atoms. The summed E-state index contributed by atoms with van der Waals surface area (Å²) in [6.45, 7) is 3.73. The first-order valence-electron chi connectivity index (χ1n) is 8.35. The third-order valence-corrected chi connectivity index (χ3v) is 4.38. The van der Waals surface area contributed by atoms with Gasteiger partial charge in [-0.3, -0.25) is 0 Å².